The maximum absolute atomic E-state index is 12.9. The van der Waals surface area contributed by atoms with Crippen molar-refractivity contribution in [1.29, 1.82) is 0 Å². The Morgan fingerprint density at radius 3 is 2.44 bits per heavy atom. The molecule has 3 heterocycles. The normalized spacial score (nSPS) is 20.3. The number of rotatable bonds is 6. The smallest absolute Gasteiger partial charge is 0.252 e. The second-order valence-corrected chi connectivity index (χ2v) is 11.8. The van der Waals surface area contributed by atoms with Crippen LogP contribution in [0.3, 0.4) is 0 Å². The van der Waals surface area contributed by atoms with E-state index in [2.05, 4.69) is 5.32 Å². The zero-order valence-corrected chi connectivity index (χ0v) is 19.9. The van der Waals surface area contributed by atoms with Gasteiger partial charge in [-0.25, -0.2) is 8.42 Å². The van der Waals surface area contributed by atoms with E-state index in [4.69, 9.17) is 0 Å². The molecule has 1 N–H and O–H groups in total. The monoisotopic (exact) mass is 475 g/mol. The molecule has 2 fully saturated rings. The van der Waals surface area contributed by atoms with Crippen LogP contribution in [0.15, 0.2) is 40.6 Å². The molecule has 7 nitrogen and oxygen atoms in total. The number of hydrogen-bond acceptors (Lipinski definition) is 5. The summed E-state index contributed by atoms with van der Waals surface area (Å²) in [5, 5.41) is 2.88. The molecule has 0 spiro atoms. The van der Waals surface area contributed by atoms with E-state index < -0.39 is 15.9 Å². The van der Waals surface area contributed by atoms with Crippen molar-refractivity contribution >= 4 is 38.9 Å². The molecular weight excluding hydrogens is 446 g/mol. The fourth-order valence-corrected chi connectivity index (χ4v) is 7.14. The van der Waals surface area contributed by atoms with Gasteiger partial charge >= 0.3 is 0 Å². The number of nitrogens with zero attached hydrogens (tertiary/aromatic N) is 2. The lowest BCUT2D eigenvalue weighted by Crippen LogP contribution is -2.32. The van der Waals surface area contributed by atoms with Gasteiger partial charge in [-0.3, -0.25) is 9.59 Å². The summed E-state index contributed by atoms with van der Waals surface area (Å²) in [5.74, 6) is -0.654. The molecule has 1 aromatic heterocycles. The Bertz CT molecular complexity index is 1070. The number of amides is 2. The highest BCUT2D eigenvalue weighted by molar-refractivity contribution is 7.91. The summed E-state index contributed by atoms with van der Waals surface area (Å²) in [4.78, 5) is 27.5. The van der Waals surface area contributed by atoms with Crippen molar-refractivity contribution < 1.29 is 18.0 Å². The summed E-state index contributed by atoms with van der Waals surface area (Å²) >= 11 is 1.20. The van der Waals surface area contributed by atoms with Crippen LogP contribution in [0.1, 0.15) is 42.5 Å². The van der Waals surface area contributed by atoms with E-state index in [0.29, 0.717) is 23.8 Å². The standard InChI is InChI=1S/C23H29N3O4S2/c1-17-6-8-19(9-7-17)26-16-18(14-21(26)27)23(28)24-15-20-10-11-22(31-20)32(29,30)25-12-4-2-3-5-13-25/h6-11,18H,2-5,12-16H2,1H3,(H,24,28). The van der Waals surface area contributed by atoms with Crippen molar-refractivity contribution in [2.45, 2.75) is 49.8 Å². The van der Waals surface area contributed by atoms with Crippen LogP contribution in [-0.2, 0) is 26.2 Å². The Kier molecular flexibility index (Phi) is 6.97. The number of aryl methyl sites for hydroxylation is 1. The first-order chi connectivity index (χ1) is 15.3. The number of anilines is 1. The fourth-order valence-electron chi connectivity index (χ4n) is 4.18. The van der Waals surface area contributed by atoms with Crippen molar-refractivity contribution in [3.8, 4) is 0 Å². The third kappa shape index (κ3) is 5.05. The van der Waals surface area contributed by atoms with Gasteiger partial charge in [-0.2, -0.15) is 4.31 Å². The second-order valence-electron chi connectivity index (χ2n) is 8.50. The first-order valence-electron chi connectivity index (χ1n) is 11.1. The van der Waals surface area contributed by atoms with E-state index in [9.17, 15) is 18.0 Å². The summed E-state index contributed by atoms with van der Waals surface area (Å²) < 4.78 is 27.8. The van der Waals surface area contributed by atoms with Crippen molar-refractivity contribution in [3.05, 3.63) is 46.8 Å². The van der Waals surface area contributed by atoms with Gasteiger partial charge in [0.1, 0.15) is 4.21 Å². The van der Waals surface area contributed by atoms with Gasteiger partial charge in [-0.1, -0.05) is 30.5 Å². The highest BCUT2D eigenvalue weighted by Gasteiger charge is 2.35. The number of carbonyl (C=O) groups is 2. The van der Waals surface area contributed by atoms with Gasteiger partial charge in [0.2, 0.25) is 11.8 Å². The van der Waals surface area contributed by atoms with Gasteiger partial charge in [0.05, 0.1) is 12.5 Å². The van der Waals surface area contributed by atoms with Gasteiger partial charge < -0.3 is 10.2 Å². The molecule has 0 saturated carbocycles. The van der Waals surface area contributed by atoms with E-state index >= 15 is 0 Å². The molecule has 172 valence electrons. The molecular formula is C23H29N3O4S2. The number of hydrogen-bond donors (Lipinski definition) is 1. The Labute approximate surface area is 193 Å². The van der Waals surface area contributed by atoms with Gasteiger partial charge in [0, 0.05) is 36.6 Å². The number of nitrogens with one attached hydrogen (secondary N) is 1. The summed E-state index contributed by atoms with van der Waals surface area (Å²) in [5.41, 5.74) is 1.92. The maximum Gasteiger partial charge on any atom is 0.252 e. The minimum Gasteiger partial charge on any atom is -0.351 e. The van der Waals surface area contributed by atoms with Crippen molar-refractivity contribution in [2.75, 3.05) is 24.5 Å². The minimum atomic E-state index is -3.48. The van der Waals surface area contributed by atoms with E-state index in [0.717, 1.165) is 41.8 Å². The molecule has 1 unspecified atom stereocenters. The molecule has 32 heavy (non-hydrogen) atoms. The Morgan fingerprint density at radius 1 is 1.06 bits per heavy atom. The third-order valence-corrected chi connectivity index (χ3v) is 9.53. The van der Waals surface area contributed by atoms with Crippen LogP contribution in [0.2, 0.25) is 0 Å². The third-order valence-electron chi connectivity index (χ3n) is 6.07. The summed E-state index contributed by atoms with van der Waals surface area (Å²) in [6.45, 7) is 3.74. The van der Waals surface area contributed by atoms with Crippen LogP contribution in [0.25, 0.3) is 0 Å². The van der Waals surface area contributed by atoms with Gasteiger partial charge in [0.15, 0.2) is 0 Å². The topological polar surface area (TPSA) is 86.8 Å². The Morgan fingerprint density at radius 2 is 1.75 bits per heavy atom. The highest BCUT2D eigenvalue weighted by Crippen LogP contribution is 2.28. The number of carbonyl (C=O) groups excluding carboxylic acids is 2. The first kappa shape index (κ1) is 22.9. The van der Waals surface area contributed by atoms with Crippen molar-refractivity contribution in [1.82, 2.24) is 9.62 Å². The molecule has 2 saturated heterocycles. The highest BCUT2D eigenvalue weighted by atomic mass is 32.2. The average Bonchev–Trinajstić information content (AvgIpc) is 3.31. The predicted molar refractivity (Wildman–Crippen MR) is 125 cm³/mol. The van der Waals surface area contributed by atoms with Gasteiger partial charge in [-0.05, 0) is 44.0 Å². The quantitative estimate of drug-likeness (QED) is 0.695. The molecule has 0 radical (unpaired) electrons. The Hall–Kier alpha value is -2.23. The Balaban J connectivity index is 1.34. The molecule has 1 atom stereocenters. The second kappa shape index (κ2) is 9.72. The molecule has 1 aromatic carbocycles. The van der Waals surface area contributed by atoms with Crippen molar-refractivity contribution in [3.63, 3.8) is 0 Å². The predicted octanol–water partition coefficient (Wildman–Crippen LogP) is 3.29. The summed E-state index contributed by atoms with van der Waals surface area (Å²) in [6.07, 6.45) is 4.11. The maximum atomic E-state index is 12.9. The van der Waals surface area contributed by atoms with Crippen LogP contribution in [-0.4, -0.2) is 44.2 Å². The van der Waals surface area contributed by atoms with Gasteiger partial charge in [-0.15, -0.1) is 11.3 Å². The lowest BCUT2D eigenvalue weighted by Gasteiger charge is -2.18. The fraction of sp³-hybridized carbons (Fsp3) is 0.478. The molecule has 4 rings (SSSR count). The minimum absolute atomic E-state index is 0.0593. The van der Waals surface area contributed by atoms with Crippen LogP contribution in [0, 0.1) is 12.8 Å². The number of sulfonamides is 1. The molecule has 2 amide bonds. The van der Waals surface area contributed by atoms with Crippen LogP contribution >= 0.6 is 11.3 Å². The molecule has 9 heteroatoms. The number of thiophene rings is 1. The molecule has 0 aliphatic carbocycles. The molecule has 2 aliphatic heterocycles. The lowest BCUT2D eigenvalue weighted by molar-refractivity contribution is -0.126. The lowest BCUT2D eigenvalue weighted by atomic mass is 10.1. The van der Waals surface area contributed by atoms with E-state index in [1.165, 1.54) is 11.3 Å². The largest absolute Gasteiger partial charge is 0.351 e. The number of benzene rings is 1. The SMILES string of the molecule is Cc1ccc(N2CC(C(=O)NCc3ccc(S(=O)(=O)N4CCCCCC4)s3)CC2=O)cc1. The van der Waals surface area contributed by atoms with Gasteiger partial charge in [0.25, 0.3) is 10.0 Å². The molecule has 2 aromatic rings. The van der Waals surface area contributed by atoms with E-state index in [-0.39, 0.29) is 24.8 Å². The zero-order chi connectivity index (χ0) is 22.7. The zero-order valence-electron chi connectivity index (χ0n) is 18.2. The summed E-state index contributed by atoms with van der Waals surface area (Å²) in [7, 11) is -3.48. The van der Waals surface area contributed by atoms with Crippen molar-refractivity contribution in [2.24, 2.45) is 5.92 Å². The molecule has 0 bridgehead atoms. The molecule has 2 aliphatic rings. The average molecular weight is 476 g/mol. The van der Waals surface area contributed by atoms with Crippen LogP contribution in [0.5, 0.6) is 0 Å². The van der Waals surface area contributed by atoms with E-state index in [1.807, 2.05) is 31.2 Å². The van der Waals surface area contributed by atoms with Crippen LogP contribution < -0.4 is 10.2 Å². The summed E-state index contributed by atoms with van der Waals surface area (Å²) in [6, 6.07) is 11.1. The van der Waals surface area contributed by atoms with Crippen LogP contribution in [0.4, 0.5) is 5.69 Å². The first-order valence-corrected chi connectivity index (χ1v) is 13.3. The van der Waals surface area contributed by atoms with E-state index in [1.54, 1.807) is 21.3 Å².